The molecule has 24 heavy (non-hydrogen) atoms. The highest BCUT2D eigenvalue weighted by Crippen LogP contribution is 2.16. The van der Waals surface area contributed by atoms with Gasteiger partial charge in [-0.1, -0.05) is 84.0 Å². The van der Waals surface area contributed by atoms with E-state index in [0.29, 0.717) is 6.42 Å². The van der Waals surface area contributed by atoms with E-state index in [2.05, 4.69) is 11.7 Å². The van der Waals surface area contributed by atoms with Gasteiger partial charge >= 0.3 is 5.97 Å². The lowest BCUT2D eigenvalue weighted by atomic mass is 10.0. The van der Waals surface area contributed by atoms with Gasteiger partial charge in [0.1, 0.15) is 6.10 Å². The second kappa shape index (κ2) is 14.9. The number of esters is 1. The van der Waals surface area contributed by atoms with Crippen LogP contribution < -0.4 is 0 Å². The lowest BCUT2D eigenvalue weighted by Gasteiger charge is -2.24. The number of hydrogen-bond donors (Lipinski definition) is 0. The number of ether oxygens (including phenoxy) is 1. The third kappa shape index (κ3) is 15.2. The van der Waals surface area contributed by atoms with Crippen LogP contribution in [0.2, 0.25) is 19.6 Å². The Bertz CT molecular complexity index is 382. The van der Waals surface area contributed by atoms with E-state index in [-0.39, 0.29) is 0 Å². The Labute approximate surface area is 156 Å². The van der Waals surface area contributed by atoms with E-state index in [0.717, 1.165) is 19.3 Å². The molecule has 0 saturated heterocycles. The first-order chi connectivity index (χ1) is 12.5. The normalized spacial score (nSPS) is 15.4. The summed E-state index contributed by atoms with van der Waals surface area (Å²) in [7, 11) is -4.65. The lowest BCUT2D eigenvalue weighted by molar-refractivity contribution is -0.149. The van der Waals surface area contributed by atoms with E-state index < -0.39 is 27.4 Å². The molecule has 0 amide bonds. The van der Waals surface area contributed by atoms with Gasteiger partial charge in [0.05, 0.1) is 11.2 Å². The van der Waals surface area contributed by atoms with Gasteiger partial charge in [0, 0.05) is 0 Å². The Hall–Kier alpha value is -0.353. The maximum absolute atomic E-state index is 12.1. The standard InChI is InChI=1S/C20H42O3Si/c1-6-7-8-9-10-11-12-13-14-15-16-17-18-19(20(21)22-2)23-24(3,4)5/h19H,6-18H2,1-5H3/i2D3. The Kier molecular flexibility index (Phi) is 11.5. The van der Waals surface area contributed by atoms with Gasteiger partial charge in [0.15, 0.2) is 8.32 Å². The highest BCUT2D eigenvalue weighted by Gasteiger charge is 2.26. The van der Waals surface area contributed by atoms with Crippen molar-refractivity contribution in [1.82, 2.24) is 0 Å². The van der Waals surface area contributed by atoms with Crippen molar-refractivity contribution in [3.63, 3.8) is 0 Å². The molecular formula is C20H42O3Si. The van der Waals surface area contributed by atoms with Gasteiger partial charge in [-0.2, -0.15) is 0 Å². The first-order valence-corrected chi connectivity index (χ1v) is 13.4. The molecule has 0 fully saturated rings. The van der Waals surface area contributed by atoms with Crippen molar-refractivity contribution in [3.05, 3.63) is 0 Å². The van der Waals surface area contributed by atoms with Crippen molar-refractivity contribution in [2.45, 2.75) is 116 Å². The summed E-state index contributed by atoms with van der Waals surface area (Å²) in [5, 5.41) is 0. The maximum atomic E-state index is 12.1. The van der Waals surface area contributed by atoms with Crippen LogP contribution in [0.4, 0.5) is 0 Å². The van der Waals surface area contributed by atoms with Gasteiger partial charge in [-0.3, -0.25) is 0 Å². The molecule has 0 rings (SSSR count). The van der Waals surface area contributed by atoms with Crippen LogP contribution in [0.3, 0.4) is 0 Å². The molecule has 0 aliphatic rings. The molecule has 0 radical (unpaired) electrons. The second-order valence-electron chi connectivity index (χ2n) is 7.82. The van der Waals surface area contributed by atoms with Gasteiger partial charge in [-0.15, -0.1) is 0 Å². The minimum absolute atomic E-state index is 0.538. The van der Waals surface area contributed by atoms with Gasteiger partial charge < -0.3 is 9.16 Å². The summed E-state index contributed by atoms with van der Waals surface area (Å²) < 4.78 is 31.7. The summed E-state index contributed by atoms with van der Waals surface area (Å²) in [5.74, 6) is -0.750. The number of unbranched alkanes of at least 4 members (excludes halogenated alkanes) is 11. The minimum atomic E-state index is -2.70. The lowest BCUT2D eigenvalue weighted by Crippen LogP contribution is -2.37. The predicted octanol–water partition coefficient (Wildman–Crippen LogP) is 6.47. The first-order valence-electron chi connectivity index (χ1n) is 11.5. The average Bonchev–Trinajstić information content (AvgIpc) is 2.52. The number of carbonyl (C=O) groups is 1. The number of rotatable bonds is 16. The molecule has 0 bridgehead atoms. The summed E-state index contributed by atoms with van der Waals surface area (Å²) in [6.45, 7) is 8.22. The van der Waals surface area contributed by atoms with Crippen molar-refractivity contribution in [3.8, 4) is 0 Å². The molecule has 0 heterocycles. The highest BCUT2D eigenvalue weighted by molar-refractivity contribution is 6.69. The van der Waals surface area contributed by atoms with E-state index >= 15 is 0 Å². The van der Waals surface area contributed by atoms with E-state index in [1.807, 2.05) is 19.6 Å². The molecule has 0 saturated carbocycles. The third-order valence-electron chi connectivity index (χ3n) is 4.18. The topological polar surface area (TPSA) is 35.5 Å². The summed E-state index contributed by atoms with van der Waals surface area (Å²) in [4.78, 5) is 12.1. The zero-order chi connectivity index (χ0) is 20.8. The first kappa shape index (κ1) is 18.4. The maximum Gasteiger partial charge on any atom is 0.333 e. The summed E-state index contributed by atoms with van der Waals surface area (Å²) in [5.41, 5.74) is 0. The minimum Gasteiger partial charge on any atom is -0.467 e. The molecular weight excluding hydrogens is 316 g/mol. The fourth-order valence-corrected chi connectivity index (χ4v) is 3.96. The molecule has 0 aliphatic carbocycles. The van der Waals surface area contributed by atoms with Crippen molar-refractivity contribution in [2.75, 3.05) is 7.04 Å². The smallest absolute Gasteiger partial charge is 0.333 e. The molecule has 3 nitrogen and oxygen atoms in total. The SMILES string of the molecule is [2H]C([2H])([2H])OC(=O)C(CCCCCCCCCCCCCC)O[Si](C)(C)C. The van der Waals surface area contributed by atoms with Crippen molar-refractivity contribution in [2.24, 2.45) is 0 Å². The molecule has 0 spiro atoms. The van der Waals surface area contributed by atoms with E-state index in [9.17, 15) is 4.79 Å². The fraction of sp³-hybridized carbons (Fsp3) is 0.950. The van der Waals surface area contributed by atoms with Crippen LogP contribution in [0.1, 0.15) is 94.5 Å². The summed E-state index contributed by atoms with van der Waals surface area (Å²) in [6.07, 6.45) is 14.8. The molecule has 0 aliphatic heterocycles. The van der Waals surface area contributed by atoms with Gasteiger partial charge in [-0.25, -0.2) is 4.79 Å². The van der Waals surface area contributed by atoms with E-state index in [1.165, 1.54) is 57.8 Å². The van der Waals surface area contributed by atoms with Crippen LogP contribution in [0.25, 0.3) is 0 Å². The quantitative estimate of drug-likeness (QED) is 0.179. The summed E-state index contributed by atoms with van der Waals surface area (Å²) >= 11 is 0. The molecule has 1 unspecified atom stereocenters. The van der Waals surface area contributed by atoms with Crippen molar-refractivity contribution >= 4 is 14.3 Å². The fourth-order valence-electron chi connectivity index (χ4n) is 2.89. The van der Waals surface area contributed by atoms with Crippen molar-refractivity contribution < 1.29 is 18.1 Å². The summed E-state index contributed by atoms with van der Waals surface area (Å²) in [6, 6.07) is 0. The number of carbonyl (C=O) groups excluding carboxylic acids is 1. The molecule has 0 N–H and O–H groups in total. The second-order valence-corrected chi connectivity index (χ2v) is 12.3. The van der Waals surface area contributed by atoms with Crippen molar-refractivity contribution in [1.29, 1.82) is 0 Å². The molecule has 0 aromatic carbocycles. The van der Waals surface area contributed by atoms with Crippen LogP contribution in [0.5, 0.6) is 0 Å². The Morgan fingerprint density at radius 2 is 1.33 bits per heavy atom. The monoisotopic (exact) mass is 361 g/mol. The Balaban J connectivity index is 3.89. The van der Waals surface area contributed by atoms with Crippen LogP contribution in [0, 0.1) is 0 Å². The average molecular weight is 362 g/mol. The molecule has 4 heteroatoms. The molecule has 1 atom stereocenters. The Morgan fingerprint density at radius 3 is 1.75 bits per heavy atom. The molecule has 144 valence electrons. The van der Waals surface area contributed by atoms with Crippen LogP contribution in [-0.2, 0) is 14.0 Å². The number of hydrogen-bond acceptors (Lipinski definition) is 3. The van der Waals surface area contributed by atoms with E-state index in [1.54, 1.807) is 0 Å². The van der Waals surface area contributed by atoms with E-state index in [4.69, 9.17) is 8.54 Å². The van der Waals surface area contributed by atoms with Crippen LogP contribution in [0.15, 0.2) is 0 Å². The third-order valence-corrected chi connectivity index (χ3v) is 5.17. The highest BCUT2D eigenvalue weighted by atomic mass is 28.4. The van der Waals surface area contributed by atoms with Gasteiger partial charge in [0.2, 0.25) is 0 Å². The Morgan fingerprint density at radius 1 is 0.875 bits per heavy atom. The molecule has 0 aromatic rings. The predicted molar refractivity (Wildman–Crippen MR) is 106 cm³/mol. The molecule has 0 aromatic heterocycles. The van der Waals surface area contributed by atoms with Gasteiger partial charge in [0.25, 0.3) is 0 Å². The zero-order valence-electron chi connectivity index (χ0n) is 19.5. The van der Waals surface area contributed by atoms with Crippen LogP contribution >= 0.6 is 0 Å². The van der Waals surface area contributed by atoms with Crippen LogP contribution in [-0.4, -0.2) is 27.4 Å². The largest absolute Gasteiger partial charge is 0.467 e. The van der Waals surface area contributed by atoms with Gasteiger partial charge in [-0.05, 0) is 26.1 Å². The number of methoxy groups -OCH3 is 1. The zero-order valence-corrected chi connectivity index (χ0v) is 17.5.